The molecule has 0 fully saturated rings. The van der Waals surface area contributed by atoms with Crippen molar-refractivity contribution in [2.45, 2.75) is 6.42 Å². The molecule has 84 valence electrons. The maximum atomic E-state index is 5.58. The Morgan fingerprint density at radius 1 is 1.00 bits per heavy atom. The topological polar surface area (TPSA) is 26.2 Å². The van der Waals surface area contributed by atoms with Crippen LogP contribution >= 0.6 is 0 Å². The first-order chi connectivity index (χ1) is 7.95. The maximum Gasteiger partial charge on any atom is 0.119 e. The molecule has 2 rings (SSSR count). The highest BCUT2D eigenvalue weighted by atomic mass is 16.5. The number of nitrogens with zero attached hydrogens (tertiary/aromatic N) is 1. The summed E-state index contributed by atoms with van der Waals surface area (Å²) >= 11 is 0. The molecular formula is C13H16N2O. The maximum absolute atomic E-state index is 5.58. The number of para-hydroxylation sites is 1. The molecule has 16 heavy (non-hydrogen) atoms. The SMILES string of the molecule is c1ccc(OCCCNn2cccc2)cc1. The van der Waals surface area contributed by atoms with E-state index in [1.807, 2.05) is 59.5 Å². The van der Waals surface area contributed by atoms with Gasteiger partial charge >= 0.3 is 0 Å². The zero-order valence-corrected chi connectivity index (χ0v) is 9.17. The highest BCUT2D eigenvalue weighted by molar-refractivity contribution is 5.20. The van der Waals surface area contributed by atoms with Gasteiger partial charge in [0, 0.05) is 25.4 Å². The monoisotopic (exact) mass is 216 g/mol. The van der Waals surface area contributed by atoms with Crippen LogP contribution < -0.4 is 10.2 Å². The standard InChI is InChI=1S/C13H16N2O/c1-2-7-13(8-3-1)16-12-6-9-14-15-10-4-5-11-15/h1-5,7-8,10-11,14H,6,9,12H2. The van der Waals surface area contributed by atoms with Gasteiger partial charge in [-0.25, -0.2) is 0 Å². The van der Waals surface area contributed by atoms with Crippen LogP contribution in [0.1, 0.15) is 6.42 Å². The van der Waals surface area contributed by atoms with Crippen molar-refractivity contribution in [2.75, 3.05) is 18.6 Å². The summed E-state index contributed by atoms with van der Waals surface area (Å²) in [5.74, 6) is 0.934. The summed E-state index contributed by atoms with van der Waals surface area (Å²) < 4.78 is 7.52. The van der Waals surface area contributed by atoms with E-state index in [2.05, 4.69) is 5.43 Å². The Morgan fingerprint density at radius 3 is 2.50 bits per heavy atom. The lowest BCUT2D eigenvalue weighted by Crippen LogP contribution is -2.15. The van der Waals surface area contributed by atoms with Crippen molar-refractivity contribution < 1.29 is 4.74 Å². The Hall–Kier alpha value is -1.90. The predicted molar refractivity (Wildman–Crippen MR) is 65.2 cm³/mol. The first-order valence-corrected chi connectivity index (χ1v) is 5.50. The summed E-state index contributed by atoms with van der Waals surface area (Å²) in [5, 5.41) is 0. The van der Waals surface area contributed by atoms with E-state index in [9.17, 15) is 0 Å². The van der Waals surface area contributed by atoms with Gasteiger partial charge in [-0.05, 0) is 24.3 Å². The second-order valence-corrected chi connectivity index (χ2v) is 3.51. The van der Waals surface area contributed by atoms with Crippen LogP contribution in [0.2, 0.25) is 0 Å². The molecule has 3 heteroatoms. The molecule has 0 unspecified atom stereocenters. The number of hydrogen-bond acceptors (Lipinski definition) is 2. The van der Waals surface area contributed by atoms with Crippen molar-refractivity contribution in [3.8, 4) is 5.75 Å². The van der Waals surface area contributed by atoms with E-state index in [1.54, 1.807) is 0 Å². The number of ether oxygens (including phenoxy) is 1. The Morgan fingerprint density at radius 2 is 1.75 bits per heavy atom. The number of hydrogen-bond donors (Lipinski definition) is 1. The molecule has 2 aromatic rings. The second kappa shape index (κ2) is 5.85. The second-order valence-electron chi connectivity index (χ2n) is 3.51. The van der Waals surface area contributed by atoms with Crippen LogP contribution in [0.15, 0.2) is 54.9 Å². The zero-order valence-electron chi connectivity index (χ0n) is 9.17. The zero-order chi connectivity index (χ0) is 11.1. The molecule has 0 radical (unpaired) electrons. The van der Waals surface area contributed by atoms with Crippen molar-refractivity contribution >= 4 is 0 Å². The molecule has 0 bridgehead atoms. The van der Waals surface area contributed by atoms with Gasteiger partial charge in [0.2, 0.25) is 0 Å². The molecule has 0 amide bonds. The average Bonchev–Trinajstić information content (AvgIpc) is 2.83. The van der Waals surface area contributed by atoms with Crippen LogP contribution in [0, 0.1) is 0 Å². The Balaban J connectivity index is 1.59. The summed E-state index contributed by atoms with van der Waals surface area (Å²) in [6.45, 7) is 1.64. The van der Waals surface area contributed by atoms with Gasteiger partial charge in [-0.1, -0.05) is 18.2 Å². The third kappa shape index (κ3) is 3.35. The highest BCUT2D eigenvalue weighted by Crippen LogP contribution is 2.07. The smallest absolute Gasteiger partial charge is 0.119 e. The molecule has 3 nitrogen and oxygen atoms in total. The minimum atomic E-state index is 0.734. The lowest BCUT2D eigenvalue weighted by atomic mass is 10.3. The Labute approximate surface area is 95.6 Å². The summed E-state index contributed by atoms with van der Waals surface area (Å²) in [5.41, 5.74) is 3.25. The van der Waals surface area contributed by atoms with Gasteiger partial charge in [-0.2, -0.15) is 0 Å². The van der Waals surface area contributed by atoms with Crippen molar-refractivity contribution in [3.63, 3.8) is 0 Å². The minimum absolute atomic E-state index is 0.734. The van der Waals surface area contributed by atoms with Crippen LogP contribution in [0.25, 0.3) is 0 Å². The first kappa shape index (κ1) is 10.6. The highest BCUT2D eigenvalue weighted by Gasteiger charge is 1.91. The molecule has 1 heterocycles. The molecule has 0 spiro atoms. The molecule has 0 aliphatic carbocycles. The van der Waals surface area contributed by atoms with Crippen LogP contribution in [-0.2, 0) is 0 Å². The molecule has 0 aliphatic heterocycles. The van der Waals surface area contributed by atoms with Crippen LogP contribution in [0.4, 0.5) is 0 Å². The van der Waals surface area contributed by atoms with Crippen molar-refractivity contribution in [3.05, 3.63) is 54.9 Å². The number of nitrogens with one attached hydrogen (secondary N) is 1. The van der Waals surface area contributed by atoms with Gasteiger partial charge in [0.15, 0.2) is 0 Å². The molecule has 0 atom stereocenters. The Kier molecular flexibility index (Phi) is 3.88. The largest absolute Gasteiger partial charge is 0.494 e. The summed E-state index contributed by atoms with van der Waals surface area (Å²) in [6.07, 6.45) is 4.95. The average molecular weight is 216 g/mol. The molecule has 0 saturated carbocycles. The third-order valence-corrected chi connectivity index (χ3v) is 2.23. The summed E-state index contributed by atoms with van der Waals surface area (Å²) in [4.78, 5) is 0. The first-order valence-electron chi connectivity index (χ1n) is 5.50. The Bertz CT molecular complexity index is 384. The van der Waals surface area contributed by atoms with E-state index in [0.717, 1.165) is 25.3 Å². The number of aromatic nitrogens is 1. The van der Waals surface area contributed by atoms with Crippen molar-refractivity contribution in [1.82, 2.24) is 4.68 Å². The molecular weight excluding hydrogens is 200 g/mol. The molecule has 0 aliphatic rings. The normalized spacial score (nSPS) is 10.0. The molecule has 0 saturated heterocycles. The van der Waals surface area contributed by atoms with Crippen molar-refractivity contribution in [2.24, 2.45) is 0 Å². The van der Waals surface area contributed by atoms with E-state index >= 15 is 0 Å². The lowest BCUT2D eigenvalue weighted by molar-refractivity contribution is 0.313. The van der Waals surface area contributed by atoms with Crippen molar-refractivity contribution in [1.29, 1.82) is 0 Å². The molecule has 1 N–H and O–H groups in total. The fraction of sp³-hybridized carbons (Fsp3) is 0.231. The summed E-state index contributed by atoms with van der Waals surface area (Å²) in [6, 6.07) is 13.9. The van der Waals surface area contributed by atoms with E-state index < -0.39 is 0 Å². The van der Waals surface area contributed by atoms with Gasteiger partial charge in [0.05, 0.1) is 6.61 Å². The van der Waals surface area contributed by atoms with Gasteiger partial charge in [-0.3, -0.25) is 4.68 Å². The van der Waals surface area contributed by atoms with Crippen LogP contribution in [-0.4, -0.2) is 17.8 Å². The van der Waals surface area contributed by atoms with Gasteiger partial charge in [-0.15, -0.1) is 0 Å². The minimum Gasteiger partial charge on any atom is -0.494 e. The van der Waals surface area contributed by atoms with Crippen LogP contribution in [0.3, 0.4) is 0 Å². The van der Waals surface area contributed by atoms with Gasteiger partial charge < -0.3 is 10.2 Å². The predicted octanol–water partition coefficient (Wildman–Crippen LogP) is 2.50. The van der Waals surface area contributed by atoms with E-state index in [4.69, 9.17) is 4.74 Å². The molecule has 1 aromatic heterocycles. The van der Waals surface area contributed by atoms with E-state index in [1.165, 1.54) is 0 Å². The number of benzene rings is 1. The summed E-state index contributed by atoms with van der Waals surface area (Å²) in [7, 11) is 0. The molecule has 1 aromatic carbocycles. The van der Waals surface area contributed by atoms with Crippen LogP contribution in [0.5, 0.6) is 5.75 Å². The fourth-order valence-corrected chi connectivity index (χ4v) is 1.43. The lowest BCUT2D eigenvalue weighted by Gasteiger charge is -2.08. The van der Waals surface area contributed by atoms with E-state index in [0.29, 0.717) is 0 Å². The fourth-order valence-electron chi connectivity index (χ4n) is 1.43. The number of rotatable bonds is 6. The van der Waals surface area contributed by atoms with E-state index in [-0.39, 0.29) is 0 Å². The quantitative estimate of drug-likeness (QED) is 0.751. The van der Waals surface area contributed by atoms with Gasteiger partial charge in [0.1, 0.15) is 5.75 Å². The van der Waals surface area contributed by atoms with Gasteiger partial charge in [0.25, 0.3) is 0 Å². The third-order valence-electron chi connectivity index (χ3n) is 2.23.